The van der Waals surface area contributed by atoms with Crippen molar-refractivity contribution in [3.8, 4) is 0 Å². The van der Waals surface area contributed by atoms with Crippen LogP contribution in [0.25, 0.3) is 0 Å². The summed E-state index contributed by atoms with van der Waals surface area (Å²) in [6.07, 6.45) is 1.38. The van der Waals surface area contributed by atoms with Gasteiger partial charge in [-0.25, -0.2) is 0 Å². The van der Waals surface area contributed by atoms with Gasteiger partial charge in [0.1, 0.15) is 0 Å². The summed E-state index contributed by atoms with van der Waals surface area (Å²) in [5.74, 6) is 0. The maximum Gasteiger partial charge on any atom is 1.00 e. The van der Waals surface area contributed by atoms with Crippen molar-refractivity contribution in [2.75, 3.05) is 6.61 Å². The fourth-order valence-electron chi connectivity index (χ4n) is 0.561. The average molecular weight is 144 g/mol. The molecule has 0 aromatic rings. The molecule has 0 amide bonds. The Balaban J connectivity index is -0.000000120. The van der Waals surface area contributed by atoms with Gasteiger partial charge in [-0.3, -0.25) is 0 Å². The third-order valence-corrected chi connectivity index (χ3v) is 0.906. The molecular weight excluding hydrogens is 131 g/mol. The van der Waals surface area contributed by atoms with Gasteiger partial charge in [0.2, 0.25) is 0 Å². The first-order valence-electron chi connectivity index (χ1n) is 2.19. The number of ether oxygens (including phenoxy) is 1. The number of aliphatic hydroxyl groups excluding tert-OH is 1. The van der Waals surface area contributed by atoms with Crippen LogP contribution < -0.4 is 51.4 Å². The fraction of sp³-hybridized carbons (Fsp3) is 1.00. The van der Waals surface area contributed by atoms with Gasteiger partial charge in [0, 0.05) is 13.0 Å². The summed E-state index contributed by atoms with van der Waals surface area (Å²) in [6, 6.07) is 0. The van der Waals surface area contributed by atoms with Crippen molar-refractivity contribution in [1.29, 1.82) is 0 Å². The topological polar surface area (TPSA) is 29.5 Å². The second-order valence-corrected chi connectivity index (χ2v) is 1.47. The molecule has 8 heavy (non-hydrogen) atoms. The van der Waals surface area contributed by atoms with Crippen LogP contribution in [0, 0.1) is 0 Å². The largest absolute Gasteiger partial charge is 1.00 e. The van der Waals surface area contributed by atoms with Crippen LogP contribution in [0.3, 0.4) is 0 Å². The van der Waals surface area contributed by atoms with E-state index in [1.54, 1.807) is 0 Å². The van der Waals surface area contributed by atoms with E-state index in [9.17, 15) is 0 Å². The van der Waals surface area contributed by atoms with E-state index in [1.807, 2.05) is 0 Å². The summed E-state index contributed by atoms with van der Waals surface area (Å²) in [6.45, 7) is 0.737. The predicted molar refractivity (Wildman–Crippen MR) is 29.0 cm³/mol. The molecule has 1 fully saturated rings. The minimum absolute atomic E-state index is 0. The summed E-state index contributed by atoms with van der Waals surface area (Å²) in [5.41, 5.74) is 0. The zero-order valence-corrected chi connectivity index (χ0v) is 7.68. The maximum absolute atomic E-state index is 8.51. The Morgan fingerprint density at radius 1 is 1.62 bits per heavy atom. The van der Waals surface area contributed by atoms with Crippen LogP contribution in [0.5, 0.6) is 0 Å². The zero-order chi connectivity index (χ0) is 4.41. The molecular formula is C5H13KO2. The van der Waals surface area contributed by atoms with Crippen LogP contribution in [-0.4, -0.2) is 18.0 Å². The van der Waals surface area contributed by atoms with Gasteiger partial charge in [0.25, 0.3) is 0 Å². The van der Waals surface area contributed by atoms with Crippen LogP contribution in [0.2, 0.25) is 0 Å². The first kappa shape index (κ1) is 12.3. The van der Waals surface area contributed by atoms with Gasteiger partial charge in [0.15, 0.2) is 6.29 Å². The van der Waals surface area contributed by atoms with E-state index in [1.165, 1.54) is 0 Å². The molecule has 1 rings (SSSR count). The predicted octanol–water partition coefficient (Wildman–Crippen LogP) is -2.13. The number of hydrogen-bond donors (Lipinski definition) is 1. The molecule has 1 saturated heterocycles. The summed E-state index contributed by atoms with van der Waals surface area (Å²) in [7, 11) is 0. The van der Waals surface area contributed by atoms with Crippen LogP contribution >= 0.6 is 0 Å². The van der Waals surface area contributed by atoms with Gasteiger partial charge in [-0.1, -0.05) is 7.43 Å². The Bertz CT molecular complexity index is 48.2. The second kappa shape index (κ2) is 6.67. The summed E-state index contributed by atoms with van der Waals surface area (Å²) in [5, 5.41) is 8.51. The van der Waals surface area contributed by atoms with Crippen LogP contribution in [0.1, 0.15) is 21.7 Å². The first-order chi connectivity index (χ1) is 2.89. The molecule has 3 heteroatoms. The Labute approximate surface area is 94.5 Å². The molecule has 2 nitrogen and oxygen atoms in total. The van der Waals surface area contributed by atoms with E-state index >= 15 is 0 Å². The minimum atomic E-state index is -0.454. The van der Waals surface area contributed by atoms with Crippen LogP contribution in [-0.2, 0) is 4.74 Å². The van der Waals surface area contributed by atoms with E-state index in [-0.39, 0.29) is 60.2 Å². The molecule has 0 aromatic heterocycles. The van der Waals surface area contributed by atoms with Crippen molar-refractivity contribution >= 4 is 0 Å². The van der Waals surface area contributed by atoms with E-state index in [0.29, 0.717) is 0 Å². The molecule has 0 aromatic carbocycles. The summed E-state index contributed by atoms with van der Waals surface area (Å²) >= 11 is 0. The quantitative estimate of drug-likeness (QED) is 0.394. The average Bonchev–Trinajstić information content (AvgIpc) is 1.86. The molecule has 0 bridgehead atoms. The Morgan fingerprint density at radius 3 is 2.38 bits per heavy atom. The number of rotatable bonds is 0. The SMILES string of the molecule is C.OC1CCCO1.[H-].[K+]. The first-order valence-corrected chi connectivity index (χ1v) is 2.19. The number of hydrogen-bond acceptors (Lipinski definition) is 2. The van der Waals surface area contributed by atoms with E-state index < -0.39 is 6.29 Å². The van der Waals surface area contributed by atoms with E-state index in [0.717, 1.165) is 19.4 Å². The van der Waals surface area contributed by atoms with Gasteiger partial charge >= 0.3 is 51.4 Å². The Kier molecular flexibility index (Phi) is 10.2. The normalized spacial score (nSPS) is 25.9. The third-order valence-electron chi connectivity index (χ3n) is 0.906. The summed E-state index contributed by atoms with van der Waals surface area (Å²) in [4.78, 5) is 0. The molecule has 1 aliphatic rings. The summed E-state index contributed by atoms with van der Waals surface area (Å²) < 4.78 is 4.71. The maximum atomic E-state index is 8.51. The van der Waals surface area contributed by atoms with E-state index in [2.05, 4.69) is 0 Å². The van der Waals surface area contributed by atoms with Crippen molar-refractivity contribution in [3.63, 3.8) is 0 Å². The fourth-order valence-corrected chi connectivity index (χ4v) is 0.561. The van der Waals surface area contributed by atoms with Crippen molar-refractivity contribution in [1.82, 2.24) is 0 Å². The van der Waals surface area contributed by atoms with Gasteiger partial charge in [-0.05, 0) is 6.42 Å². The van der Waals surface area contributed by atoms with Crippen molar-refractivity contribution in [2.45, 2.75) is 26.6 Å². The molecule has 1 atom stereocenters. The van der Waals surface area contributed by atoms with Gasteiger partial charge in [0.05, 0.1) is 0 Å². The van der Waals surface area contributed by atoms with Gasteiger partial charge < -0.3 is 11.3 Å². The van der Waals surface area contributed by atoms with Crippen molar-refractivity contribution < 1.29 is 62.7 Å². The molecule has 1 N–H and O–H groups in total. The molecule has 46 valence electrons. The zero-order valence-electron chi connectivity index (χ0n) is 5.55. The Hall–Kier alpha value is 1.56. The van der Waals surface area contributed by atoms with Crippen molar-refractivity contribution in [3.05, 3.63) is 0 Å². The molecule has 1 heterocycles. The Morgan fingerprint density at radius 2 is 2.25 bits per heavy atom. The smallest absolute Gasteiger partial charge is 1.00 e. The molecule has 0 spiro atoms. The second-order valence-electron chi connectivity index (χ2n) is 1.47. The molecule has 1 aliphatic heterocycles. The van der Waals surface area contributed by atoms with Crippen LogP contribution in [0.4, 0.5) is 0 Å². The third kappa shape index (κ3) is 4.44. The van der Waals surface area contributed by atoms with Crippen molar-refractivity contribution in [2.24, 2.45) is 0 Å². The number of aliphatic hydroxyl groups is 1. The van der Waals surface area contributed by atoms with Gasteiger partial charge in [-0.15, -0.1) is 0 Å². The minimum Gasteiger partial charge on any atom is -1.00 e. The van der Waals surface area contributed by atoms with E-state index in [4.69, 9.17) is 9.84 Å². The van der Waals surface area contributed by atoms with Crippen LogP contribution in [0.15, 0.2) is 0 Å². The monoisotopic (exact) mass is 144 g/mol. The van der Waals surface area contributed by atoms with Gasteiger partial charge in [-0.2, -0.15) is 0 Å². The standard InChI is InChI=1S/C4H8O2.CH4.K.H/c5-4-2-1-3-6-4;;;/h4-5H,1-3H2;1H4;;/q;;+1;-1. The molecule has 1 unspecified atom stereocenters. The molecule has 0 saturated carbocycles. The molecule has 0 radical (unpaired) electrons. The molecule has 0 aliphatic carbocycles.